The van der Waals surface area contributed by atoms with E-state index in [1.807, 2.05) is 66.7 Å². The summed E-state index contributed by atoms with van der Waals surface area (Å²) in [4.78, 5) is 5.05. The standard InChI is InChI=1S/C25H18BrN3O2S/c26-19-11-14-22(15-12-19)32(30,31)28-20-13-16-24-23(17-20)27-25(18-7-3-1-4-8-18)29(24)21-9-5-2-6-10-21/h1-17,28H. The van der Waals surface area contributed by atoms with Crippen molar-refractivity contribution >= 4 is 42.7 Å². The summed E-state index contributed by atoms with van der Waals surface area (Å²) in [6.45, 7) is 0. The van der Waals surface area contributed by atoms with Crippen LogP contribution in [-0.4, -0.2) is 18.0 Å². The highest BCUT2D eigenvalue weighted by atomic mass is 79.9. The molecule has 7 heteroatoms. The summed E-state index contributed by atoms with van der Waals surface area (Å²) in [7, 11) is -3.71. The molecule has 0 unspecified atom stereocenters. The number of halogens is 1. The van der Waals surface area contributed by atoms with Gasteiger partial charge >= 0.3 is 0 Å². The molecule has 0 aliphatic carbocycles. The molecule has 0 saturated carbocycles. The molecule has 5 aromatic rings. The Kier molecular flexibility index (Phi) is 5.28. The molecule has 0 aliphatic rings. The normalized spacial score (nSPS) is 11.5. The Morgan fingerprint density at radius 1 is 0.781 bits per heavy atom. The largest absolute Gasteiger partial charge is 0.292 e. The van der Waals surface area contributed by atoms with Crippen LogP contribution in [0.15, 0.2) is 112 Å². The molecule has 0 bridgehead atoms. The monoisotopic (exact) mass is 503 g/mol. The maximum Gasteiger partial charge on any atom is 0.261 e. The first-order valence-corrected chi connectivity index (χ1v) is 12.2. The fourth-order valence-electron chi connectivity index (χ4n) is 3.59. The third-order valence-electron chi connectivity index (χ3n) is 5.08. The van der Waals surface area contributed by atoms with E-state index in [1.165, 1.54) is 0 Å². The predicted octanol–water partition coefficient (Wildman–Crippen LogP) is 6.26. The lowest BCUT2D eigenvalue weighted by atomic mass is 10.2. The van der Waals surface area contributed by atoms with Gasteiger partial charge in [0, 0.05) is 15.7 Å². The molecule has 158 valence electrons. The summed E-state index contributed by atoms with van der Waals surface area (Å²) in [5.74, 6) is 0.791. The summed E-state index contributed by atoms with van der Waals surface area (Å²) in [5.41, 5.74) is 4.00. The van der Waals surface area contributed by atoms with Crippen LogP contribution in [0, 0.1) is 0 Å². The van der Waals surface area contributed by atoms with Crippen molar-refractivity contribution in [3.8, 4) is 17.1 Å². The van der Waals surface area contributed by atoms with Crippen molar-refractivity contribution in [1.82, 2.24) is 9.55 Å². The summed E-state index contributed by atoms with van der Waals surface area (Å²) in [5, 5.41) is 0. The van der Waals surface area contributed by atoms with Crippen LogP contribution in [0.4, 0.5) is 5.69 Å². The minimum Gasteiger partial charge on any atom is -0.292 e. The van der Waals surface area contributed by atoms with Crippen molar-refractivity contribution < 1.29 is 8.42 Å². The average Bonchev–Trinajstić information content (AvgIpc) is 3.19. The minimum absolute atomic E-state index is 0.195. The molecule has 0 aliphatic heterocycles. The van der Waals surface area contributed by atoms with Crippen LogP contribution < -0.4 is 4.72 Å². The van der Waals surface area contributed by atoms with Gasteiger partial charge in [0.25, 0.3) is 10.0 Å². The van der Waals surface area contributed by atoms with Crippen molar-refractivity contribution in [2.45, 2.75) is 4.90 Å². The summed E-state index contributed by atoms with van der Waals surface area (Å²) >= 11 is 3.33. The summed E-state index contributed by atoms with van der Waals surface area (Å²) < 4.78 is 31.2. The lowest BCUT2D eigenvalue weighted by Gasteiger charge is -2.10. The quantitative estimate of drug-likeness (QED) is 0.308. The van der Waals surface area contributed by atoms with Gasteiger partial charge in [-0.3, -0.25) is 9.29 Å². The van der Waals surface area contributed by atoms with Crippen LogP contribution in [0.5, 0.6) is 0 Å². The van der Waals surface area contributed by atoms with Gasteiger partial charge in [0.05, 0.1) is 21.6 Å². The zero-order valence-corrected chi connectivity index (χ0v) is 19.2. The van der Waals surface area contributed by atoms with Gasteiger partial charge in [-0.2, -0.15) is 0 Å². The van der Waals surface area contributed by atoms with Crippen LogP contribution in [0.1, 0.15) is 0 Å². The predicted molar refractivity (Wildman–Crippen MR) is 131 cm³/mol. The van der Waals surface area contributed by atoms with Gasteiger partial charge in [-0.1, -0.05) is 64.5 Å². The van der Waals surface area contributed by atoms with E-state index in [1.54, 1.807) is 36.4 Å². The van der Waals surface area contributed by atoms with E-state index in [2.05, 4.69) is 25.2 Å². The molecule has 5 rings (SSSR count). The number of para-hydroxylation sites is 1. The number of anilines is 1. The molecule has 0 atom stereocenters. The Morgan fingerprint density at radius 2 is 1.44 bits per heavy atom. The van der Waals surface area contributed by atoms with Gasteiger partial charge in [-0.05, 0) is 54.6 Å². The third-order valence-corrected chi connectivity index (χ3v) is 7.00. The Morgan fingerprint density at radius 3 is 2.12 bits per heavy atom. The second kappa shape index (κ2) is 8.26. The van der Waals surface area contributed by atoms with Gasteiger partial charge < -0.3 is 0 Å². The topological polar surface area (TPSA) is 64.0 Å². The number of benzene rings is 4. The van der Waals surface area contributed by atoms with Crippen LogP contribution >= 0.6 is 15.9 Å². The zero-order chi connectivity index (χ0) is 22.1. The fourth-order valence-corrected chi connectivity index (χ4v) is 4.90. The number of fused-ring (bicyclic) bond motifs is 1. The molecule has 1 aromatic heterocycles. The summed E-state index contributed by atoms with van der Waals surface area (Å²) in [6, 6.07) is 31.9. The number of sulfonamides is 1. The number of hydrogen-bond donors (Lipinski definition) is 1. The second-order valence-electron chi connectivity index (χ2n) is 7.24. The lowest BCUT2D eigenvalue weighted by Crippen LogP contribution is -2.12. The highest BCUT2D eigenvalue weighted by molar-refractivity contribution is 9.10. The SMILES string of the molecule is O=S(=O)(Nc1ccc2c(c1)nc(-c1ccccc1)n2-c1ccccc1)c1ccc(Br)cc1. The smallest absolute Gasteiger partial charge is 0.261 e. The van der Waals surface area contributed by atoms with Crippen molar-refractivity contribution in [2.75, 3.05) is 4.72 Å². The average molecular weight is 504 g/mol. The van der Waals surface area contributed by atoms with Crippen molar-refractivity contribution in [3.05, 3.63) is 108 Å². The van der Waals surface area contributed by atoms with Crippen LogP contribution in [0.3, 0.4) is 0 Å². The Labute approximate surface area is 194 Å². The molecule has 1 N–H and O–H groups in total. The molecule has 0 saturated heterocycles. The molecule has 0 amide bonds. The molecule has 1 heterocycles. The van der Waals surface area contributed by atoms with Gasteiger partial charge in [0.15, 0.2) is 0 Å². The van der Waals surface area contributed by atoms with Crippen molar-refractivity contribution in [3.63, 3.8) is 0 Å². The van der Waals surface area contributed by atoms with E-state index in [0.717, 1.165) is 27.1 Å². The van der Waals surface area contributed by atoms with Gasteiger partial charge in [-0.15, -0.1) is 0 Å². The Balaban J connectivity index is 1.61. The first-order valence-electron chi connectivity index (χ1n) is 9.93. The van der Waals surface area contributed by atoms with Crippen molar-refractivity contribution in [2.24, 2.45) is 0 Å². The molecule has 5 nitrogen and oxygen atoms in total. The van der Waals surface area contributed by atoms with E-state index in [-0.39, 0.29) is 4.90 Å². The molecule has 0 radical (unpaired) electrons. The highest BCUT2D eigenvalue weighted by Crippen LogP contribution is 2.30. The maximum absolute atomic E-state index is 12.8. The lowest BCUT2D eigenvalue weighted by molar-refractivity contribution is 0.601. The van der Waals surface area contributed by atoms with E-state index < -0.39 is 10.0 Å². The van der Waals surface area contributed by atoms with Crippen molar-refractivity contribution in [1.29, 1.82) is 0 Å². The zero-order valence-electron chi connectivity index (χ0n) is 16.8. The molecule has 0 spiro atoms. The Hall–Kier alpha value is -3.42. The second-order valence-corrected chi connectivity index (χ2v) is 9.83. The molecule has 32 heavy (non-hydrogen) atoms. The van der Waals surface area contributed by atoms with Crippen LogP contribution in [0.2, 0.25) is 0 Å². The van der Waals surface area contributed by atoms with Crippen LogP contribution in [-0.2, 0) is 10.0 Å². The summed E-state index contributed by atoms with van der Waals surface area (Å²) in [6.07, 6.45) is 0. The van der Waals surface area contributed by atoms with E-state index in [9.17, 15) is 8.42 Å². The van der Waals surface area contributed by atoms with Gasteiger partial charge in [0.1, 0.15) is 5.82 Å². The number of hydrogen-bond acceptors (Lipinski definition) is 3. The maximum atomic E-state index is 12.8. The minimum atomic E-state index is -3.71. The number of nitrogens with zero attached hydrogens (tertiary/aromatic N) is 2. The number of nitrogens with one attached hydrogen (secondary N) is 1. The van der Waals surface area contributed by atoms with E-state index in [0.29, 0.717) is 11.2 Å². The number of rotatable bonds is 5. The van der Waals surface area contributed by atoms with E-state index >= 15 is 0 Å². The molecule has 4 aromatic carbocycles. The molecular weight excluding hydrogens is 486 g/mol. The highest BCUT2D eigenvalue weighted by Gasteiger charge is 2.17. The van der Waals surface area contributed by atoms with E-state index in [4.69, 9.17) is 4.98 Å². The Bertz CT molecular complexity index is 1500. The van der Waals surface area contributed by atoms with Gasteiger partial charge in [0.2, 0.25) is 0 Å². The molecular formula is C25H18BrN3O2S. The first kappa shape index (κ1) is 20.5. The van der Waals surface area contributed by atoms with Crippen LogP contribution in [0.25, 0.3) is 28.1 Å². The van der Waals surface area contributed by atoms with Gasteiger partial charge in [-0.25, -0.2) is 13.4 Å². The third kappa shape index (κ3) is 3.92. The fraction of sp³-hybridized carbons (Fsp3) is 0. The molecule has 0 fully saturated rings. The number of aromatic nitrogens is 2. The number of imidazole rings is 1. The first-order chi connectivity index (χ1) is 15.5.